The maximum Gasteiger partial charge on any atom is 0.335 e. The number of pyridine rings is 1. The molecule has 0 amide bonds. The van der Waals surface area contributed by atoms with Gasteiger partial charge < -0.3 is 14.9 Å². The highest BCUT2D eigenvalue weighted by Crippen LogP contribution is 2.20. The number of carboxylic acids is 1. The van der Waals surface area contributed by atoms with Crippen molar-refractivity contribution in [3.05, 3.63) is 23.4 Å². The molecule has 1 heterocycles. The Hall–Kier alpha value is -1.62. The Morgan fingerprint density at radius 1 is 1.24 bits per heavy atom. The van der Waals surface area contributed by atoms with Crippen LogP contribution in [0.4, 0.5) is 5.82 Å². The van der Waals surface area contributed by atoms with Crippen LogP contribution in [0.25, 0.3) is 0 Å². The molecule has 118 valence electrons. The molecule has 0 saturated heterocycles. The SMILES string of the molecule is CCCN(CCN(C)C)c1cc(C(=O)O)cc(C(C)C)n1. The molecule has 0 radical (unpaired) electrons. The van der Waals surface area contributed by atoms with Crippen LogP contribution in [0.5, 0.6) is 0 Å². The third-order valence-corrected chi connectivity index (χ3v) is 3.30. The van der Waals surface area contributed by atoms with Gasteiger partial charge in [-0.3, -0.25) is 0 Å². The standard InChI is InChI=1S/C16H27N3O2/c1-6-7-19(9-8-18(4)5)15-11-13(16(20)21)10-14(17-15)12(2)3/h10-12H,6-9H2,1-5H3,(H,20,21). The van der Waals surface area contributed by atoms with E-state index in [-0.39, 0.29) is 5.92 Å². The van der Waals surface area contributed by atoms with Crippen molar-refractivity contribution in [2.24, 2.45) is 0 Å². The summed E-state index contributed by atoms with van der Waals surface area (Å²) in [7, 11) is 4.07. The van der Waals surface area contributed by atoms with Gasteiger partial charge in [-0.15, -0.1) is 0 Å². The first-order chi connectivity index (χ1) is 9.85. The number of anilines is 1. The van der Waals surface area contributed by atoms with Gasteiger partial charge in [0.25, 0.3) is 0 Å². The predicted octanol–water partition coefficient (Wildman–Crippen LogP) is 2.68. The Kier molecular flexibility index (Phi) is 6.62. The lowest BCUT2D eigenvalue weighted by atomic mass is 10.1. The second-order valence-electron chi connectivity index (χ2n) is 5.89. The van der Waals surface area contributed by atoms with Gasteiger partial charge in [-0.1, -0.05) is 20.8 Å². The fraction of sp³-hybridized carbons (Fsp3) is 0.625. The third-order valence-electron chi connectivity index (χ3n) is 3.30. The van der Waals surface area contributed by atoms with Gasteiger partial charge in [0.05, 0.1) is 5.56 Å². The zero-order chi connectivity index (χ0) is 16.0. The van der Waals surface area contributed by atoms with Crippen LogP contribution < -0.4 is 4.90 Å². The van der Waals surface area contributed by atoms with E-state index < -0.39 is 5.97 Å². The topological polar surface area (TPSA) is 56.7 Å². The molecule has 0 bridgehead atoms. The van der Waals surface area contributed by atoms with Crippen molar-refractivity contribution in [1.82, 2.24) is 9.88 Å². The van der Waals surface area contributed by atoms with E-state index in [4.69, 9.17) is 0 Å². The van der Waals surface area contributed by atoms with E-state index in [1.807, 2.05) is 27.9 Å². The van der Waals surface area contributed by atoms with E-state index in [0.717, 1.165) is 37.6 Å². The Balaban J connectivity index is 3.12. The lowest BCUT2D eigenvalue weighted by Crippen LogP contribution is -2.33. The van der Waals surface area contributed by atoms with E-state index in [1.54, 1.807) is 12.1 Å². The van der Waals surface area contributed by atoms with E-state index >= 15 is 0 Å². The summed E-state index contributed by atoms with van der Waals surface area (Å²) in [6.45, 7) is 8.81. The fourth-order valence-corrected chi connectivity index (χ4v) is 2.05. The molecule has 1 aromatic heterocycles. The Bertz CT molecular complexity index is 473. The van der Waals surface area contributed by atoms with Crippen LogP contribution in [0.3, 0.4) is 0 Å². The smallest absolute Gasteiger partial charge is 0.335 e. The highest BCUT2D eigenvalue weighted by molar-refractivity contribution is 5.88. The Labute approximate surface area is 127 Å². The number of likely N-dealkylation sites (N-methyl/N-ethyl adjacent to an activating group) is 1. The summed E-state index contributed by atoms with van der Waals surface area (Å²) in [5, 5.41) is 9.29. The van der Waals surface area contributed by atoms with Crippen LogP contribution in [0.2, 0.25) is 0 Å². The summed E-state index contributed by atoms with van der Waals surface area (Å²) >= 11 is 0. The maximum atomic E-state index is 11.3. The molecule has 0 saturated carbocycles. The minimum absolute atomic E-state index is 0.209. The van der Waals surface area contributed by atoms with Crippen LogP contribution in [0, 0.1) is 0 Å². The number of carboxylic acid groups (broad SMARTS) is 1. The first-order valence-corrected chi connectivity index (χ1v) is 7.50. The molecule has 1 rings (SSSR count). The maximum absolute atomic E-state index is 11.3. The van der Waals surface area contributed by atoms with E-state index in [0.29, 0.717) is 5.56 Å². The number of nitrogens with zero attached hydrogens (tertiary/aromatic N) is 3. The molecule has 0 fully saturated rings. The van der Waals surface area contributed by atoms with Crippen LogP contribution in [0.1, 0.15) is 49.2 Å². The molecule has 5 heteroatoms. The normalized spacial score (nSPS) is 11.2. The van der Waals surface area contributed by atoms with Crippen molar-refractivity contribution in [3.8, 4) is 0 Å². The van der Waals surface area contributed by atoms with Gasteiger partial charge in [0.1, 0.15) is 5.82 Å². The number of carbonyl (C=O) groups is 1. The molecule has 0 aliphatic carbocycles. The average Bonchev–Trinajstić information content (AvgIpc) is 2.42. The summed E-state index contributed by atoms with van der Waals surface area (Å²) in [4.78, 5) is 20.3. The van der Waals surface area contributed by atoms with Gasteiger partial charge in [0.2, 0.25) is 0 Å². The van der Waals surface area contributed by atoms with E-state index in [2.05, 4.69) is 21.7 Å². The zero-order valence-electron chi connectivity index (χ0n) is 13.8. The summed E-state index contributed by atoms with van der Waals surface area (Å²) < 4.78 is 0. The van der Waals surface area contributed by atoms with Crippen LogP contribution >= 0.6 is 0 Å². The van der Waals surface area contributed by atoms with Gasteiger partial charge in [0, 0.05) is 25.3 Å². The van der Waals surface area contributed by atoms with Crippen molar-refractivity contribution in [2.45, 2.75) is 33.1 Å². The Morgan fingerprint density at radius 3 is 2.38 bits per heavy atom. The van der Waals surface area contributed by atoms with Crippen molar-refractivity contribution >= 4 is 11.8 Å². The molecule has 0 unspecified atom stereocenters. The van der Waals surface area contributed by atoms with Gasteiger partial charge in [-0.2, -0.15) is 0 Å². The second-order valence-corrected chi connectivity index (χ2v) is 5.89. The largest absolute Gasteiger partial charge is 0.478 e. The van der Waals surface area contributed by atoms with Crippen LogP contribution in [0.15, 0.2) is 12.1 Å². The number of hydrogen-bond donors (Lipinski definition) is 1. The third kappa shape index (κ3) is 5.34. The summed E-state index contributed by atoms with van der Waals surface area (Å²) in [6, 6.07) is 3.35. The molecule has 0 atom stereocenters. The predicted molar refractivity (Wildman–Crippen MR) is 86.3 cm³/mol. The quantitative estimate of drug-likeness (QED) is 0.798. The number of hydrogen-bond acceptors (Lipinski definition) is 4. The molecule has 1 N–H and O–H groups in total. The number of aromatic nitrogens is 1. The molecule has 0 aliphatic rings. The molecule has 1 aromatic rings. The summed E-state index contributed by atoms with van der Waals surface area (Å²) in [6.07, 6.45) is 1.00. The Morgan fingerprint density at radius 2 is 1.90 bits per heavy atom. The van der Waals surface area contributed by atoms with Gasteiger partial charge >= 0.3 is 5.97 Å². The molecule has 5 nitrogen and oxygen atoms in total. The monoisotopic (exact) mass is 293 g/mol. The summed E-state index contributed by atoms with van der Waals surface area (Å²) in [5.41, 5.74) is 1.14. The fourth-order valence-electron chi connectivity index (χ4n) is 2.05. The lowest BCUT2D eigenvalue weighted by molar-refractivity contribution is 0.0696. The minimum Gasteiger partial charge on any atom is -0.478 e. The number of rotatable bonds is 8. The first kappa shape index (κ1) is 17.4. The van der Waals surface area contributed by atoms with E-state index in [1.165, 1.54) is 0 Å². The van der Waals surface area contributed by atoms with E-state index in [9.17, 15) is 9.90 Å². The molecular formula is C16H27N3O2. The zero-order valence-corrected chi connectivity index (χ0v) is 13.8. The van der Waals surface area contributed by atoms with Gasteiger partial charge in [-0.05, 0) is 38.6 Å². The second kappa shape index (κ2) is 7.98. The van der Waals surface area contributed by atoms with Gasteiger partial charge in [0.15, 0.2) is 0 Å². The minimum atomic E-state index is -0.899. The molecular weight excluding hydrogens is 266 g/mol. The highest BCUT2D eigenvalue weighted by atomic mass is 16.4. The molecule has 21 heavy (non-hydrogen) atoms. The summed E-state index contributed by atoms with van der Waals surface area (Å²) in [5.74, 6) is 0.0762. The lowest BCUT2D eigenvalue weighted by Gasteiger charge is -2.26. The van der Waals surface area contributed by atoms with Crippen LogP contribution in [-0.4, -0.2) is 54.7 Å². The number of aromatic carboxylic acids is 1. The van der Waals surface area contributed by atoms with Crippen molar-refractivity contribution in [3.63, 3.8) is 0 Å². The van der Waals surface area contributed by atoms with Crippen molar-refractivity contribution in [2.75, 3.05) is 38.6 Å². The molecule has 0 spiro atoms. The van der Waals surface area contributed by atoms with Crippen molar-refractivity contribution in [1.29, 1.82) is 0 Å². The van der Waals surface area contributed by atoms with Crippen molar-refractivity contribution < 1.29 is 9.90 Å². The van der Waals surface area contributed by atoms with Gasteiger partial charge in [-0.25, -0.2) is 9.78 Å². The average molecular weight is 293 g/mol. The molecule has 0 aliphatic heterocycles. The highest BCUT2D eigenvalue weighted by Gasteiger charge is 2.15. The first-order valence-electron chi connectivity index (χ1n) is 7.50. The van der Waals surface area contributed by atoms with Crippen LogP contribution in [-0.2, 0) is 0 Å². The molecule has 0 aromatic carbocycles.